The topological polar surface area (TPSA) is 47.3 Å². The summed E-state index contributed by atoms with van der Waals surface area (Å²) in [6, 6.07) is 5.02. The Morgan fingerprint density at radius 3 is 2.91 bits per heavy atom. The lowest BCUT2D eigenvalue weighted by atomic mass is 9.53. The fourth-order valence-corrected chi connectivity index (χ4v) is 4.89. The second-order valence-corrected chi connectivity index (χ2v) is 7.15. The van der Waals surface area contributed by atoms with Crippen molar-refractivity contribution in [3.63, 3.8) is 0 Å². The van der Waals surface area contributed by atoms with Crippen LogP contribution in [0.25, 0.3) is 11.3 Å². The number of ether oxygens (including phenoxy) is 1. The molecule has 1 aliphatic carbocycles. The lowest BCUT2D eigenvalue weighted by molar-refractivity contribution is -0.173. The summed E-state index contributed by atoms with van der Waals surface area (Å²) >= 11 is 0. The van der Waals surface area contributed by atoms with Gasteiger partial charge in [0, 0.05) is 30.1 Å². The Labute approximate surface area is 133 Å². The lowest BCUT2D eigenvalue weighted by Crippen LogP contribution is -2.57. The van der Waals surface area contributed by atoms with Crippen LogP contribution >= 0.6 is 0 Å². The molecule has 0 bridgehead atoms. The van der Waals surface area contributed by atoms with Crippen LogP contribution in [-0.2, 0) is 4.74 Å². The number of benzene rings is 1. The number of halogens is 1. The summed E-state index contributed by atoms with van der Waals surface area (Å²) in [7, 11) is 0. The van der Waals surface area contributed by atoms with E-state index in [1.54, 1.807) is 18.6 Å². The first kappa shape index (κ1) is 13.7. The van der Waals surface area contributed by atoms with E-state index in [4.69, 9.17) is 4.74 Å². The van der Waals surface area contributed by atoms with Crippen LogP contribution in [0.1, 0.15) is 30.9 Å². The maximum Gasteiger partial charge on any atom is 0.123 e. The van der Waals surface area contributed by atoms with Crippen LogP contribution in [0.5, 0.6) is 0 Å². The molecule has 2 fully saturated rings. The standard InChI is InChI=1S/C18H19FN2O2/c19-11-1-2-12-13(7-11)15-9-20-10-21(15)16(12)14-8-18(17(14)22)3-5-23-6-4-18/h1-2,7,9-10,14,16-17,22H,3-6,8H2/t14-,16-,17+/m1/s1. The minimum atomic E-state index is -0.331. The van der Waals surface area contributed by atoms with Crippen molar-refractivity contribution in [2.75, 3.05) is 13.2 Å². The second kappa shape index (κ2) is 4.65. The summed E-state index contributed by atoms with van der Waals surface area (Å²) in [6.07, 6.45) is 6.13. The Hall–Kier alpha value is -1.72. The third kappa shape index (κ3) is 1.75. The van der Waals surface area contributed by atoms with Gasteiger partial charge in [-0.1, -0.05) is 6.07 Å². The molecule has 1 aromatic heterocycles. The first-order valence-electron chi connectivity index (χ1n) is 8.27. The van der Waals surface area contributed by atoms with E-state index in [0.717, 1.165) is 49.3 Å². The van der Waals surface area contributed by atoms with Gasteiger partial charge in [-0.25, -0.2) is 9.37 Å². The number of nitrogens with zero attached hydrogens (tertiary/aromatic N) is 2. The average molecular weight is 314 g/mol. The highest BCUT2D eigenvalue weighted by Crippen LogP contribution is 2.59. The molecule has 4 nitrogen and oxygen atoms in total. The molecule has 0 radical (unpaired) electrons. The summed E-state index contributed by atoms with van der Waals surface area (Å²) in [5.41, 5.74) is 2.99. The second-order valence-electron chi connectivity index (χ2n) is 7.15. The fourth-order valence-electron chi connectivity index (χ4n) is 4.89. The fraction of sp³-hybridized carbons (Fsp3) is 0.500. The molecule has 3 heterocycles. The summed E-state index contributed by atoms with van der Waals surface area (Å²) in [4.78, 5) is 4.23. The molecule has 2 aliphatic heterocycles. The van der Waals surface area contributed by atoms with Gasteiger partial charge >= 0.3 is 0 Å². The zero-order valence-electron chi connectivity index (χ0n) is 12.8. The first-order chi connectivity index (χ1) is 11.2. The third-order valence-corrected chi connectivity index (χ3v) is 6.15. The van der Waals surface area contributed by atoms with E-state index in [1.165, 1.54) is 6.07 Å². The largest absolute Gasteiger partial charge is 0.392 e. The molecule has 1 saturated carbocycles. The molecule has 1 saturated heterocycles. The molecule has 0 unspecified atom stereocenters. The van der Waals surface area contributed by atoms with Gasteiger partial charge in [-0.2, -0.15) is 0 Å². The summed E-state index contributed by atoms with van der Waals surface area (Å²) in [5.74, 6) is -0.0695. The quantitative estimate of drug-likeness (QED) is 0.880. The average Bonchev–Trinajstić information content (AvgIpc) is 3.15. The van der Waals surface area contributed by atoms with E-state index in [2.05, 4.69) is 9.55 Å². The third-order valence-electron chi connectivity index (χ3n) is 6.15. The minimum Gasteiger partial charge on any atom is -0.392 e. The maximum atomic E-state index is 13.7. The molecule has 2 aromatic rings. The normalized spacial score (nSPS) is 30.8. The molecule has 5 heteroatoms. The molecule has 0 amide bonds. The molecule has 1 spiro atoms. The number of aliphatic hydroxyl groups is 1. The van der Waals surface area contributed by atoms with Crippen molar-refractivity contribution in [1.82, 2.24) is 9.55 Å². The predicted molar refractivity (Wildman–Crippen MR) is 82.4 cm³/mol. The van der Waals surface area contributed by atoms with Crippen LogP contribution < -0.4 is 0 Å². The molecular weight excluding hydrogens is 295 g/mol. The van der Waals surface area contributed by atoms with Crippen LogP contribution in [0, 0.1) is 17.2 Å². The van der Waals surface area contributed by atoms with Gasteiger partial charge in [-0.15, -0.1) is 0 Å². The van der Waals surface area contributed by atoms with Crippen molar-refractivity contribution < 1.29 is 14.2 Å². The highest BCUT2D eigenvalue weighted by atomic mass is 19.1. The molecule has 1 N–H and O–H groups in total. The van der Waals surface area contributed by atoms with Gasteiger partial charge in [0.05, 0.1) is 30.4 Å². The number of aromatic nitrogens is 2. The lowest BCUT2D eigenvalue weighted by Gasteiger charge is -2.56. The maximum absolute atomic E-state index is 13.7. The number of rotatable bonds is 1. The Kier molecular flexibility index (Phi) is 2.77. The zero-order chi connectivity index (χ0) is 15.6. The summed E-state index contributed by atoms with van der Waals surface area (Å²) in [6.45, 7) is 1.49. The van der Waals surface area contributed by atoms with Crippen molar-refractivity contribution >= 4 is 0 Å². The van der Waals surface area contributed by atoms with Crippen LogP contribution in [0.4, 0.5) is 4.39 Å². The van der Waals surface area contributed by atoms with Crippen molar-refractivity contribution in [3.8, 4) is 11.3 Å². The van der Waals surface area contributed by atoms with Gasteiger partial charge in [0.2, 0.25) is 0 Å². The molecule has 3 atom stereocenters. The Balaban J connectivity index is 1.53. The van der Waals surface area contributed by atoms with E-state index in [0.29, 0.717) is 0 Å². The number of hydrogen-bond acceptors (Lipinski definition) is 3. The van der Waals surface area contributed by atoms with Gasteiger partial charge in [0.1, 0.15) is 5.82 Å². The van der Waals surface area contributed by atoms with Crippen LogP contribution in [0.15, 0.2) is 30.7 Å². The van der Waals surface area contributed by atoms with Crippen LogP contribution in [0.3, 0.4) is 0 Å². The molecule has 1 aromatic carbocycles. The highest BCUT2D eigenvalue weighted by Gasteiger charge is 2.57. The van der Waals surface area contributed by atoms with Gasteiger partial charge in [0.15, 0.2) is 0 Å². The smallest absolute Gasteiger partial charge is 0.123 e. The predicted octanol–water partition coefficient (Wildman–Crippen LogP) is 2.77. The summed E-state index contributed by atoms with van der Waals surface area (Å²) < 4.78 is 21.2. The van der Waals surface area contributed by atoms with Gasteiger partial charge in [-0.05, 0) is 37.0 Å². The number of imidazole rings is 1. The molecular formula is C18H19FN2O2. The van der Waals surface area contributed by atoms with Gasteiger partial charge in [-0.3, -0.25) is 0 Å². The van der Waals surface area contributed by atoms with Gasteiger partial charge < -0.3 is 14.4 Å². The van der Waals surface area contributed by atoms with E-state index < -0.39 is 0 Å². The Morgan fingerprint density at radius 2 is 2.13 bits per heavy atom. The number of fused-ring (bicyclic) bond motifs is 3. The minimum absolute atomic E-state index is 0.0203. The number of aliphatic hydroxyl groups excluding tert-OH is 1. The number of hydrogen-bond donors (Lipinski definition) is 1. The van der Waals surface area contributed by atoms with Crippen LogP contribution in [0.2, 0.25) is 0 Å². The van der Waals surface area contributed by atoms with Crippen molar-refractivity contribution in [1.29, 1.82) is 0 Å². The summed E-state index contributed by atoms with van der Waals surface area (Å²) in [5, 5.41) is 10.9. The Bertz CT molecular complexity index is 766. The van der Waals surface area contributed by atoms with Crippen LogP contribution in [-0.4, -0.2) is 34.0 Å². The van der Waals surface area contributed by atoms with Crippen molar-refractivity contribution in [2.45, 2.75) is 31.4 Å². The first-order valence-corrected chi connectivity index (χ1v) is 8.27. The van der Waals surface area contributed by atoms with E-state index in [-0.39, 0.29) is 29.3 Å². The monoisotopic (exact) mass is 314 g/mol. The van der Waals surface area contributed by atoms with E-state index >= 15 is 0 Å². The highest BCUT2D eigenvalue weighted by molar-refractivity contribution is 5.69. The molecule has 3 aliphatic rings. The van der Waals surface area contributed by atoms with Crippen molar-refractivity contribution in [3.05, 3.63) is 42.1 Å². The molecule has 5 rings (SSSR count). The van der Waals surface area contributed by atoms with Gasteiger partial charge in [0.25, 0.3) is 0 Å². The van der Waals surface area contributed by atoms with E-state index in [9.17, 15) is 9.50 Å². The molecule has 23 heavy (non-hydrogen) atoms. The Morgan fingerprint density at radius 1 is 1.30 bits per heavy atom. The van der Waals surface area contributed by atoms with E-state index in [1.807, 2.05) is 6.07 Å². The van der Waals surface area contributed by atoms with Crippen molar-refractivity contribution in [2.24, 2.45) is 11.3 Å². The molecule has 120 valence electrons. The SMILES string of the molecule is O[C@H]1[C@@H]([C@H]2c3ccc(F)cc3-c3cncn32)CC12CCOCC2. The zero-order valence-corrected chi connectivity index (χ0v) is 12.8.